The molecule has 0 saturated heterocycles. The lowest BCUT2D eigenvalue weighted by atomic mass is 9.80. The fraction of sp³-hybridized carbons (Fsp3) is 0.250. The molecule has 2 aliphatic rings. The van der Waals surface area contributed by atoms with Gasteiger partial charge in [-0.25, -0.2) is 4.99 Å². The summed E-state index contributed by atoms with van der Waals surface area (Å²) in [5, 5.41) is 10.0. The first-order valence-corrected chi connectivity index (χ1v) is 9.31. The Bertz CT molecular complexity index is 1090. The molecule has 4 rings (SSSR count). The van der Waals surface area contributed by atoms with E-state index in [-0.39, 0.29) is 29.6 Å². The molecule has 7 nitrogen and oxygen atoms in total. The number of halogens is 1. The zero-order chi connectivity index (χ0) is 19.7. The zero-order valence-electron chi connectivity index (χ0n) is 14.9. The molecule has 2 aromatic rings. The van der Waals surface area contributed by atoms with Crippen molar-refractivity contribution >= 4 is 40.8 Å². The van der Waals surface area contributed by atoms with Gasteiger partial charge in [-0.3, -0.25) is 9.59 Å². The number of rotatable bonds is 2. The Morgan fingerprint density at radius 1 is 1.25 bits per heavy atom. The van der Waals surface area contributed by atoms with Gasteiger partial charge in [0.05, 0.1) is 23.6 Å². The van der Waals surface area contributed by atoms with Crippen LogP contribution in [0.3, 0.4) is 0 Å². The number of benzene rings is 1. The van der Waals surface area contributed by atoms with Crippen molar-refractivity contribution in [3.8, 4) is 6.07 Å². The highest BCUT2D eigenvalue weighted by molar-refractivity contribution is 6.30. The van der Waals surface area contributed by atoms with Gasteiger partial charge in [0.2, 0.25) is 5.84 Å². The van der Waals surface area contributed by atoms with Crippen molar-refractivity contribution in [1.82, 2.24) is 10.4 Å². The number of hydrazine groups is 1. The van der Waals surface area contributed by atoms with Crippen molar-refractivity contribution in [2.45, 2.75) is 19.3 Å². The van der Waals surface area contributed by atoms with Gasteiger partial charge in [-0.2, -0.15) is 5.26 Å². The topological polar surface area (TPSA) is 101 Å². The summed E-state index contributed by atoms with van der Waals surface area (Å²) in [5.41, 5.74) is 4.62. The van der Waals surface area contributed by atoms with E-state index in [4.69, 9.17) is 11.6 Å². The number of carbonyl (C=O) groups is 1. The molecule has 0 radical (unpaired) electrons. The van der Waals surface area contributed by atoms with Crippen molar-refractivity contribution < 1.29 is 9.48 Å². The lowest BCUT2D eigenvalue weighted by Gasteiger charge is -2.20. The summed E-state index contributed by atoms with van der Waals surface area (Å²) in [7, 11) is 0. The van der Waals surface area contributed by atoms with E-state index in [9.17, 15) is 14.9 Å². The van der Waals surface area contributed by atoms with Crippen LogP contribution < -0.4 is 11.0 Å². The number of ketones is 1. The number of nitrogens with zero attached hydrogens (tertiary/aromatic N) is 3. The summed E-state index contributed by atoms with van der Waals surface area (Å²) in [4.78, 5) is 31.3. The van der Waals surface area contributed by atoms with Crippen molar-refractivity contribution in [2.75, 3.05) is 0 Å². The number of pyridine rings is 1. The molecule has 0 amide bonds. The first-order valence-electron chi connectivity index (χ1n) is 8.93. The molecule has 1 aromatic carbocycles. The zero-order valence-corrected chi connectivity index (χ0v) is 15.6. The molecule has 2 atom stereocenters. The molecule has 2 heterocycles. The minimum absolute atomic E-state index is 0.0859. The smallest absolute Gasteiger partial charge is 0.266 e. The van der Waals surface area contributed by atoms with Crippen LogP contribution in [0, 0.1) is 23.2 Å². The van der Waals surface area contributed by atoms with E-state index in [0.717, 1.165) is 0 Å². The second-order valence-corrected chi connectivity index (χ2v) is 7.25. The standard InChI is InChI=1S/C20H16ClN5O2/c21-14-2-4-15(5-3-14)24-19-18-17(7-8-23-20(18)28)26(25-19)11-12-1-6-16(27)9-13(12)10-22/h2-5,7-8,11-13H,1,6,9H2,(H-,23,24,25,28)/p+1. The molecule has 0 bridgehead atoms. The maximum Gasteiger partial charge on any atom is 0.266 e. The molecule has 1 saturated carbocycles. The maximum absolute atomic E-state index is 12.4. The van der Waals surface area contributed by atoms with E-state index < -0.39 is 0 Å². The summed E-state index contributed by atoms with van der Waals surface area (Å²) in [6.07, 6.45) is 4.78. The lowest BCUT2D eigenvalue weighted by molar-refractivity contribution is -0.478. The minimum atomic E-state index is -0.370. The Labute approximate surface area is 166 Å². The maximum atomic E-state index is 12.4. The molecular formula is C20H17ClN5O2+. The molecular weight excluding hydrogens is 378 g/mol. The number of aromatic amines is 1. The average Bonchev–Trinajstić information content (AvgIpc) is 3.03. The number of nitrogens with one attached hydrogen (secondary N) is 2. The predicted molar refractivity (Wildman–Crippen MR) is 105 cm³/mol. The molecule has 1 aliphatic carbocycles. The first-order chi connectivity index (χ1) is 13.5. The Morgan fingerprint density at radius 3 is 2.79 bits per heavy atom. The molecule has 1 aromatic heterocycles. The molecule has 28 heavy (non-hydrogen) atoms. The third kappa shape index (κ3) is 3.47. The van der Waals surface area contributed by atoms with Gasteiger partial charge in [-0.05, 0) is 30.7 Å². The highest BCUT2D eigenvalue weighted by Gasteiger charge is 2.37. The largest absolute Gasteiger partial charge is 0.328 e. The summed E-state index contributed by atoms with van der Waals surface area (Å²) in [6, 6.07) is 11.0. The van der Waals surface area contributed by atoms with E-state index in [2.05, 4.69) is 21.5 Å². The number of Topliss-reactive ketones (excluding diaryl/α,β-unsaturated/α-hetero) is 1. The average molecular weight is 395 g/mol. The molecule has 1 aliphatic heterocycles. The second-order valence-electron chi connectivity index (χ2n) is 6.82. The molecule has 2 N–H and O–H groups in total. The predicted octanol–water partition coefficient (Wildman–Crippen LogP) is 2.85. The number of hydrogen-bond donors (Lipinski definition) is 2. The number of amidine groups is 1. The fourth-order valence-electron chi connectivity index (χ4n) is 3.51. The molecule has 1 fully saturated rings. The fourth-order valence-corrected chi connectivity index (χ4v) is 3.64. The molecule has 8 heteroatoms. The number of H-pyrrole nitrogens is 1. The summed E-state index contributed by atoms with van der Waals surface area (Å²) < 4.78 is 1.73. The van der Waals surface area contributed by atoms with Crippen LogP contribution in [0.5, 0.6) is 0 Å². The number of nitriles is 1. The van der Waals surface area contributed by atoms with Crippen molar-refractivity contribution in [1.29, 1.82) is 5.26 Å². The van der Waals surface area contributed by atoms with Crippen LogP contribution in [-0.2, 0) is 4.79 Å². The van der Waals surface area contributed by atoms with Crippen molar-refractivity contribution in [3.63, 3.8) is 0 Å². The number of fused-ring (bicyclic) bond motifs is 1. The normalized spacial score (nSPS) is 24.1. The van der Waals surface area contributed by atoms with Crippen molar-refractivity contribution in [3.05, 3.63) is 57.5 Å². The Kier molecular flexibility index (Phi) is 4.80. The van der Waals surface area contributed by atoms with Crippen LogP contribution in [0.4, 0.5) is 11.4 Å². The summed E-state index contributed by atoms with van der Waals surface area (Å²) in [6.45, 7) is 0. The van der Waals surface area contributed by atoms with Gasteiger partial charge in [-0.1, -0.05) is 16.3 Å². The Morgan fingerprint density at radius 2 is 2.04 bits per heavy atom. The van der Waals surface area contributed by atoms with Crippen LogP contribution in [0.1, 0.15) is 24.8 Å². The van der Waals surface area contributed by atoms with Crippen molar-refractivity contribution in [2.24, 2.45) is 16.8 Å². The van der Waals surface area contributed by atoms with Crippen LogP contribution in [0.15, 0.2) is 46.3 Å². The Balaban J connectivity index is 1.74. The van der Waals surface area contributed by atoms with E-state index in [1.807, 2.05) is 6.21 Å². The third-order valence-electron chi connectivity index (χ3n) is 4.96. The third-order valence-corrected chi connectivity index (χ3v) is 5.21. The Hall–Kier alpha value is -3.24. The van der Waals surface area contributed by atoms with Crippen LogP contribution in [-0.4, -0.2) is 27.5 Å². The number of aliphatic imine (C=N–C) groups is 1. The lowest BCUT2D eigenvalue weighted by Crippen LogP contribution is -2.32. The second kappa shape index (κ2) is 7.41. The number of hydrogen-bond acceptors (Lipinski definition) is 4. The SMILES string of the molecule is N#CC1CC(=O)CCC1C=[N+]1NC(=Nc2ccc(Cl)cc2)c2c1cc[nH]c2=O. The minimum Gasteiger partial charge on any atom is -0.328 e. The monoisotopic (exact) mass is 394 g/mol. The first kappa shape index (κ1) is 18.1. The molecule has 140 valence electrons. The highest BCUT2D eigenvalue weighted by Crippen LogP contribution is 2.28. The number of carbonyl (C=O) groups excluding carboxylic acids is 1. The van der Waals surface area contributed by atoms with Gasteiger partial charge in [-0.15, -0.1) is 5.43 Å². The van der Waals surface area contributed by atoms with Gasteiger partial charge in [0, 0.05) is 30.1 Å². The van der Waals surface area contributed by atoms with Gasteiger partial charge in [0.1, 0.15) is 5.78 Å². The van der Waals surface area contributed by atoms with Crippen LogP contribution >= 0.6 is 11.6 Å². The number of aromatic nitrogens is 1. The van der Waals surface area contributed by atoms with E-state index in [0.29, 0.717) is 40.6 Å². The quantitative estimate of drug-likeness (QED) is 0.764. The van der Waals surface area contributed by atoms with Crippen LogP contribution in [0.2, 0.25) is 5.02 Å². The summed E-state index contributed by atoms with van der Waals surface area (Å²) in [5.74, 6) is 0.0752. The van der Waals surface area contributed by atoms with Gasteiger partial charge < -0.3 is 4.98 Å². The van der Waals surface area contributed by atoms with E-state index >= 15 is 0 Å². The van der Waals surface area contributed by atoms with Gasteiger partial charge in [0.25, 0.3) is 11.2 Å². The van der Waals surface area contributed by atoms with Gasteiger partial charge >= 0.3 is 0 Å². The van der Waals surface area contributed by atoms with Gasteiger partial charge in [0.15, 0.2) is 11.8 Å². The van der Waals surface area contributed by atoms with Crippen LogP contribution in [0.25, 0.3) is 0 Å². The molecule has 0 spiro atoms. The highest BCUT2D eigenvalue weighted by atomic mass is 35.5. The number of hydrazone groups is 1. The molecule has 2 unspecified atom stereocenters. The van der Waals surface area contributed by atoms with E-state index in [1.165, 1.54) is 0 Å². The van der Waals surface area contributed by atoms with E-state index in [1.54, 1.807) is 41.2 Å². The summed E-state index contributed by atoms with van der Waals surface area (Å²) >= 11 is 5.92.